The van der Waals surface area contributed by atoms with E-state index in [2.05, 4.69) is 35.2 Å². The zero-order chi connectivity index (χ0) is 10.1. The predicted octanol–water partition coefficient (Wildman–Crippen LogP) is 2.79. The standard InChI is InChI=1S/C13H17NO/c1-2-6-12(7-3-1)14-10-4-8-13(14)9-5-11-15-13/h1-3,6-7H,4-5,8-11H2. The first kappa shape index (κ1) is 9.22. The molecule has 2 aliphatic heterocycles. The largest absolute Gasteiger partial charge is 0.356 e. The van der Waals surface area contributed by atoms with Gasteiger partial charge in [-0.05, 0) is 37.8 Å². The molecule has 2 aliphatic rings. The van der Waals surface area contributed by atoms with E-state index in [1.54, 1.807) is 0 Å². The van der Waals surface area contributed by atoms with Gasteiger partial charge in [0.1, 0.15) is 5.72 Å². The van der Waals surface area contributed by atoms with Gasteiger partial charge < -0.3 is 9.64 Å². The molecular formula is C13H17NO. The van der Waals surface area contributed by atoms with E-state index in [1.165, 1.54) is 31.4 Å². The second kappa shape index (κ2) is 3.53. The summed E-state index contributed by atoms with van der Waals surface area (Å²) in [5.41, 5.74) is 1.36. The summed E-state index contributed by atoms with van der Waals surface area (Å²) in [4.78, 5) is 2.46. The van der Waals surface area contributed by atoms with Crippen molar-refractivity contribution in [3.05, 3.63) is 30.3 Å². The molecule has 80 valence electrons. The second-order valence-electron chi connectivity index (χ2n) is 4.49. The van der Waals surface area contributed by atoms with Gasteiger partial charge in [0.05, 0.1) is 0 Å². The molecule has 0 aliphatic carbocycles. The van der Waals surface area contributed by atoms with Crippen LogP contribution < -0.4 is 4.90 Å². The minimum atomic E-state index is 0.0430. The molecule has 0 radical (unpaired) electrons. The Morgan fingerprint density at radius 2 is 1.87 bits per heavy atom. The number of rotatable bonds is 1. The summed E-state index contributed by atoms with van der Waals surface area (Å²) in [6.07, 6.45) is 4.86. The van der Waals surface area contributed by atoms with Gasteiger partial charge in [0.25, 0.3) is 0 Å². The van der Waals surface area contributed by atoms with Crippen LogP contribution in [0.4, 0.5) is 5.69 Å². The minimum absolute atomic E-state index is 0.0430. The average Bonchev–Trinajstić information content (AvgIpc) is 2.91. The van der Waals surface area contributed by atoms with E-state index in [4.69, 9.17) is 4.74 Å². The van der Waals surface area contributed by atoms with Crippen LogP contribution in [0.2, 0.25) is 0 Å². The van der Waals surface area contributed by atoms with Crippen LogP contribution in [-0.4, -0.2) is 18.9 Å². The van der Waals surface area contributed by atoms with Gasteiger partial charge in [-0.15, -0.1) is 0 Å². The quantitative estimate of drug-likeness (QED) is 0.696. The molecule has 2 nitrogen and oxygen atoms in total. The lowest BCUT2D eigenvalue weighted by Crippen LogP contribution is -2.43. The summed E-state index contributed by atoms with van der Waals surface area (Å²) in [7, 11) is 0. The van der Waals surface area contributed by atoms with Crippen molar-refractivity contribution in [2.75, 3.05) is 18.1 Å². The third kappa shape index (κ3) is 1.44. The fourth-order valence-corrected chi connectivity index (χ4v) is 2.92. The summed E-state index contributed by atoms with van der Waals surface area (Å²) in [6.45, 7) is 2.08. The Balaban J connectivity index is 1.92. The van der Waals surface area contributed by atoms with Crippen LogP contribution >= 0.6 is 0 Å². The maximum atomic E-state index is 5.99. The van der Waals surface area contributed by atoms with E-state index < -0.39 is 0 Å². The highest BCUT2D eigenvalue weighted by Crippen LogP contribution is 2.41. The highest BCUT2D eigenvalue weighted by molar-refractivity contribution is 5.49. The Morgan fingerprint density at radius 3 is 2.60 bits per heavy atom. The van der Waals surface area contributed by atoms with Gasteiger partial charge in [0, 0.05) is 18.8 Å². The molecule has 1 spiro atoms. The molecule has 15 heavy (non-hydrogen) atoms. The molecule has 2 heterocycles. The summed E-state index contributed by atoms with van der Waals surface area (Å²) < 4.78 is 5.99. The van der Waals surface area contributed by atoms with Gasteiger partial charge in [0.15, 0.2) is 0 Å². The zero-order valence-electron chi connectivity index (χ0n) is 8.98. The number of para-hydroxylation sites is 1. The van der Waals surface area contributed by atoms with Gasteiger partial charge in [-0.25, -0.2) is 0 Å². The van der Waals surface area contributed by atoms with E-state index >= 15 is 0 Å². The minimum Gasteiger partial charge on any atom is -0.356 e. The first-order valence-corrected chi connectivity index (χ1v) is 5.87. The number of hydrogen-bond acceptors (Lipinski definition) is 2. The first-order chi connectivity index (χ1) is 7.41. The van der Waals surface area contributed by atoms with Gasteiger partial charge >= 0.3 is 0 Å². The van der Waals surface area contributed by atoms with Crippen molar-refractivity contribution < 1.29 is 4.74 Å². The third-order valence-electron chi connectivity index (χ3n) is 3.59. The number of hydrogen-bond donors (Lipinski definition) is 0. The van der Waals surface area contributed by atoms with Crippen LogP contribution in [0, 0.1) is 0 Å². The van der Waals surface area contributed by atoms with Crippen molar-refractivity contribution in [2.45, 2.75) is 31.4 Å². The second-order valence-corrected chi connectivity index (χ2v) is 4.49. The summed E-state index contributed by atoms with van der Waals surface area (Å²) in [5.74, 6) is 0. The van der Waals surface area contributed by atoms with Crippen molar-refractivity contribution in [2.24, 2.45) is 0 Å². The maximum Gasteiger partial charge on any atom is 0.141 e. The predicted molar refractivity (Wildman–Crippen MR) is 60.9 cm³/mol. The van der Waals surface area contributed by atoms with Crippen molar-refractivity contribution in [3.63, 3.8) is 0 Å². The Labute approximate surface area is 90.8 Å². The SMILES string of the molecule is c1ccc(N2CCCC23CCCO3)cc1. The highest BCUT2D eigenvalue weighted by Gasteiger charge is 2.44. The van der Waals surface area contributed by atoms with Crippen molar-refractivity contribution in [1.82, 2.24) is 0 Å². The summed E-state index contributed by atoms with van der Waals surface area (Å²) in [5, 5.41) is 0. The lowest BCUT2D eigenvalue weighted by Gasteiger charge is -2.35. The molecule has 2 fully saturated rings. The van der Waals surface area contributed by atoms with E-state index in [1.807, 2.05) is 0 Å². The molecule has 0 bridgehead atoms. The van der Waals surface area contributed by atoms with E-state index in [-0.39, 0.29) is 5.72 Å². The molecule has 0 amide bonds. The van der Waals surface area contributed by atoms with Gasteiger partial charge in [-0.2, -0.15) is 0 Å². The normalized spacial score (nSPS) is 30.3. The Morgan fingerprint density at radius 1 is 1.07 bits per heavy atom. The smallest absolute Gasteiger partial charge is 0.141 e. The van der Waals surface area contributed by atoms with Gasteiger partial charge in [-0.3, -0.25) is 0 Å². The molecule has 0 N–H and O–H groups in total. The average molecular weight is 203 g/mol. The van der Waals surface area contributed by atoms with Crippen molar-refractivity contribution in [3.8, 4) is 0 Å². The van der Waals surface area contributed by atoms with Crippen LogP contribution in [0.5, 0.6) is 0 Å². The highest BCUT2D eigenvalue weighted by atomic mass is 16.5. The monoisotopic (exact) mass is 203 g/mol. The van der Waals surface area contributed by atoms with E-state index in [0.717, 1.165) is 13.2 Å². The summed E-state index contributed by atoms with van der Waals surface area (Å²) in [6, 6.07) is 10.7. The lowest BCUT2D eigenvalue weighted by atomic mass is 10.1. The molecule has 0 aromatic heterocycles. The number of nitrogens with zero attached hydrogens (tertiary/aromatic N) is 1. The first-order valence-electron chi connectivity index (χ1n) is 5.87. The van der Waals surface area contributed by atoms with Crippen LogP contribution in [0.15, 0.2) is 30.3 Å². The molecule has 1 aromatic carbocycles. The van der Waals surface area contributed by atoms with E-state index in [9.17, 15) is 0 Å². The van der Waals surface area contributed by atoms with Crippen LogP contribution in [0.3, 0.4) is 0 Å². The maximum absolute atomic E-state index is 5.99. The van der Waals surface area contributed by atoms with Crippen molar-refractivity contribution in [1.29, 1.82) is 0 Å². The number of benzene rings is 1. The number of ether oxygens (including phenoxy) is 1. The van der Waals surface area contributed by atoms with Gasteiger partial charge in [-0.1, -0.05) is 18.2 Å². The molecule has 1 unspecified atom stereocenters. The van der Waals surface area contributed by atoms with E-state index in [0.29, 0.717) is 0 Å². The molecule has 2 heteroatoms. The Hall–Kier alpha value is -1.02. The van der Waals surface area contributed by atoms with Crippen LogP contribution in [0.25, 0.3) is 0 Å². The van der Waals surface area contributed by atoms with Crippen LogP contribution in [0.1, 0.15) is 25.7 Å². The fraction of sp³-hybridized carbons (Fsp3) is 0.538. The molecule has 2 saturated heterocycles. The fourth-order valence-electron chi connectivity index (χ4n) is 2.92. The lowest BCUT2D eigenvalue weighted by molar-refractivity contribution is 0.0134. The van der Waals surface area contributed by atoms with Crippen molar-refractivity contribution >= 4 is 5.69 Å². The van der Waals surface area contributed by atoms with Gasteiger partial charge in [0.2, 0.25) is 0 Å². The summed E-state index contributed by atoms with van der Waals surface area (Å²) >= 11 is 0. The molecule has 1 aromatic rings. The topological polar surface area (TPSA) is 12.5 Å². The molecule has 1 atom stereocenters. The van der Waals surface area contributed by atoms with Crippen LogP contribution in [-0.2, 0) is 4.74 Å². The molecule has 0 saturated carbocycles. The Bertz CT molecular complexity index is 324. The molecular weight excluding hydrogens is 186 g/mol. The number of anilines is 1. The zero-order valence-corrected chi connectivity index (χ0v) is 8.98. The third-order valence-corrected chi connectivity index (χ3v) is 3.59. The molecule has 3 rings (SSSR count). The Kier molecular flexibility index (Phi) is 2.17.